The molecule has 140 valence electrons. The van der Waals surface area contributed by atoms with Crippen LogP contribution in [0.15, 0.2) is 67.3 Å². The van der Waals surface area contributed by atoms with E-state index in [0.717, 1.165) is 11.1 Å². The highest BCUT2D eigenvalue weighted by Gasteiger charge is 2.13. The lowest BCUT2D eigenvalue weighted by Crippen LogP contribution is -2.24. The van der Waals surface area contributed by atoms with Gasteiger partial charge in [0, 0.05) is 42.6 Å². The minimum atomic E-state index is -0.370. The van der Waals surface area contributed by atoms with Gasteiger partial charge in [-0.3, -0.25) is 9.78 Å². The van der Waals surface area contributed by atoms with Crippen molar-refractivity contribution in [1.29, 1.82) is 0 Å². The highest BCUT2D eigenvalue weighted by molar-refractivity contribution is 6.06. The van der Waals surface area contributed by atoms with Gasteiger partial charge in [0.15, 0.2) is 0 Å². The van der Waals surface area contributed by atoms with Crippen molar-refractivity contribution in [2.24, 2.45) is 0 Å². The number of benzene rings is 2. The van der Waals surface area contributed by atoms with Crippen LogP contribution in [0.1, 0.15) is 27.2 Å². The maximum atomic E-state index is 13.5. The van der Waals surface area contributed by atoms with Crippen molar-refractivity contribution in [2.75, 3.05) is 0 Å². The molecular weight excluding hydrogens is 355 g/mol. The van der Waals surface area contributed by atoms with E-state index < -0.39 is 0 Å². The number of imidazole rings is 1. The Hall–Kier alpha value is -3.54. The van der Waals surface area contributed by atoms with Crippen LogP contribution in [-0.4, -0.2) is 20.4 Å². The minimum Gasteiger partial charge on any atom is -0.348 e. The summed E-state index contributed by atoms with van der Waals surface area (Å²) in [6.45, 7) is 2.87. The fourth-order valence-corrected chi connectivity index (χ4v) is 3.25. The van der Waals surface area contributed by atoms with Crippen LogP contribution in [0.4, 0.5) is 4.39 Å². The molecule has 0 saturated heterocycles. The van der Waals surface area contributed by atoms with Gasteiger partial charge in [0.05, 0.1) is 17.4 Å². The number of aromatic nitrogens is 3. The SMILES string of the molecule is Cc1cc(C(=O)NCc2ccccc2Cn2ccnc2)c2ccc(F)cc2n1. The Bertz CT molecular complexity index is 1130. The number of hydrogen-bond acceptors (Lipinski definition) is 3. The lowest BCUT2D eigenvalue weighted by Gasteiger charge is -2.12. The van der Waals surface area contributed by atoms with Crippen LogP contribution < -0.4 is 5.32 Å². The third kappa shape index (κ3) is 3.76. The molecule has 0 aliphatic rings. The second-order valence-electron chi connectivity index (χ2n) is 6.66. The molecule has 0 spiro atoms. The first kappa shape index (κ1) is 17.9. The van der Waals surface area contributed by atoms with E-state index in [-0.39, 0.29) is 11.7 Å². The van der Waals surface area contributed by atoms with E-state index in [4.69, 9.17) is 0 Å². The Morgan fingerprint density at radius 2 is 1.96 bits per heavy atom. The number of hydrogen-bond donors (Lipinski definition) is 1. The number of fused-ring (bicyclic) bond motifs is 1. The molecule has 0 aliphatic heterocycles. The van der Waals surface area contributed by atoms with Gasteiger partial charge < -0.3 is 9.88 Å². The quantitative estimate of drug-likeness (QED) is 0.577. The Morgan fingerprint density at radius 1 is 1.14 bits per heavy atom. The van der Waals surface area contributed by atoms with Gasteiger partial charge in [-0.2, -0.15) is 0 Å². The number of carbonyl (C=O) groups is 1. The van der Waals surface area contributed by atoms with Gasteiger partial charge in [-0.05, 0) is 36.2 Å². The second-order valence-corrected chi connectivity index (χ2v) is 6.66. The number of halogens is 1. The van der Waals surface area contributed by atoms with Crippen molar-refractivity contribution < 1.29 is 9.18 Å². The fourth-order valence-electron chi connectivity index (χ4n) is 3.25. The molecule has 5 nitrogen and oxygen atoms in total. The van der Waals surface area contributed by atoms with Crippen molar-refractivity contribution in [1.82, 2.24) is 19.9 Å². The molecule has 0 atom stereocenters. The Morgan fingerprint density at radius 3 is 2.75 bits per heavy atom. The molecule has 4 rings (SSSR count). The first-order chi connectivity index (χ1) is 13.6. The Labute approximate surface area is 161 Å². The number of pyridine rings is 1. The average molecular weight is 374 g/mol. The molecular formula is C22H19FN4O. The summed E-state index contributed by atoms with van der Waals surface area (Å²) in [5.74, 6) is -0.579. The molecule has 1 N–H and O–H groups in total. The van der Waals surface area contributed by atoms with Gasteiger partial charge in [-0.25, -0.2) is 9.37 Å². The van der Waals surface area contributed by atoms with Gasteiger partial charge >= 0.3 is 0 Å². The zero-order chi connectivity index (χ0) is 19.5. The first-order valence-corrected chi connectivity index (χ1v) is 8.98. The molecule has 0 bridgehead atoms. The summed E-state index contributed by atoms with van der Waals surface area (Å²) in [5.41, 5.74) is 3.79. The zero-order valence-corrected chi connectivity index (χ0v) is 15.4. The summed E-state index contributed by atoms with van der Waals surface area (Å²) in [4.78, 5) is 21.2. The summed E-state index contributed by atoms with van der Waals surface area (Å²) in [5, 5.41) is 3.62. The zero-order valence-electron chi connectivity index (χ0n) is 15.4. The van der Waals surface area contributed by atoms with E-state index >= 15 is 0 Å². The van der Waals surface area contributed by atoms with E-state index in [9.17, 15) is 9.18 Å². The van der Waals surface area contributed by atoms with E-state index in [1.165, 1.54) is 12.1 Å². The maximum Gasteiger partial charge on any atom is 0.252 e. The van der Waals surface area contributed by atoms with E-state index in [1.807, 2.05) is 35.0 Å². The highest BCUT2D eigenvalue weighted by Crippen LogP contribution is 2.20. The molecule has 1 amide bonds. The lowest BCUT2D eigenvalue weighted by atomic mass is 10.1. The van der Waals surface area contributed by atoms with Crippen molar-refractivity contribution in [3.05, 3.63) is 95.5 Å². The van der Waals surface area contributed by atoms with Crippen molar-refractivity contribution in [2.45, 2.75) is 20.0 Å². The minimum absolute atomic E-state index is 0.209. The van der Waals surface area contributed by atoms with Gasteiger partial charge in [0.25, 0.3) is 5.91 Å². The van der Waals surface area contributed by atoms with Gasteiger partial charge in [0.2, 0.25) is 0 Å². The predicted octanol–water partition coefficient (Wildman–Crippen LogP) is 3.86. The summed E-state index contributed by atoms with van der Waals surface area (Å²) in [6.07, 6.45) is 5.41. The average Bonchev–Trinajstić information content (AvgIpc) is 3.19. The molecule has 2 aromatic carbocycles. The van der Waals surface area contributed by atoms with E-state index in [1.54, 1.807) is 31.6 Å². The summed E-state index contributed by atoms with van der Waals surface area (Å²) in [6, 6.07) is 14.0. The standard InChI is InChI=1S/C22H19FN4O/c1-15-10-20(19-7-6-18(23)11-21(19)26-15)22(28)25-12-16-4-2-3-5-17(16)13-27-9-8-24-14-27/h2-11,14H,12-13H2,1H3,(H,25,28). The monoisotopic (exact) mass is 374 g/mol. The largest absolute Gasteiger partial charge is 0.348 e. The lowest BCUT2D eigenvalue weighted by molar-refractivity contribution is 0.0952. The van der Waals surface area contributed by atoms with Crippen molar-refractivity contribution >= 4 is 16.8 Å². The maximum absolute atomic E-state index is 13.5. The topological polar surface area (TPSA) is 59.8 Å². The number of rotatable bonds is 5. The Kier molecular flexibility index (Phi) is 4.85. The molecule has 28 heavy (non-hydrogen) atoms. The predicted molar refractivity (Wildman–Crippen MR) is 105 cm³/mol. The molecule has 0 unspecified atom stereocenters. The molecule has 0 fully saturated rings. The third-order valence-electron chi connectivity index (χ3n) is 4.61. The van der Waals surface area contributed by atoms with Gasteiger partial charge in [-0.15, -0.1) is 0 Å². The van der Waals surface area contributed by atoms with Crippen LogP contribution in [0.3, 0.4) is 0 Å². The number of nitrogens with one attached hydrogen (secondary N) is 1. The molecule has 2 heterocycles. The number of aryl methyl sites for hydroxylation is 1. The molecule has 2 aromatic heterocycles. The van der Waals surface area contributed by atoms with Crippen LogP contribution in [0.5, 0.6) is 0 Å². The van der Waals surface area contributed by atoms with Crippen LogP contribution in [0.2, 0.25) is 0 Å². The number of nitrogens with zero attached hydrogens (tertiary/aromatic N) is 3. The van der Waals surface area contributed by atoms with E-state index in [0.29, 0.717) is 35.2 Å². The number of carbonyl (C=O) groups excluding carboxylic acids is 1. The van der Waals surface area contributed by atoms with Crippen LogP contribution in [-0.2, 0) is 13.1 Å². The molecule has 0 saturated carbocycles. The smallest absolute Gasteiger partial charge is 0.252 e. The molecule has 0 radical (unpaired) electrons. The number of amides is 1. The van der Waals surface area contributed by atoms with Crippen LogP contribution in [0.25, 0.3) is 10.9 Å². The van der Waals surface area contributed by atoms with Crippen molar-refractivity contribution in [3.63, 3.8) is 0 Å². The van der Waals surface area contributed by atoms with Crippen LogP contribution in [0, 0.1) is 12.7 Å². The third-order valence-corrected chi connectivity index (χ3v) is 4.61. The fraction of sp³-hybridized carbons (Fsp3) is 0.136. The normalized spacial score (nSPS) is 10.9. The van der Waals surface area contributed by atoms with Gasteiger partial charge in [0.1, 0.15) is 5.82 Å². The van der Waals surface area contributed by atoms with Gasteiger partial charge in [-0.1, -0.05) is 24.3 Å². The van der Waals surface area contributed by atoms with E-state index in [2.05, 4.69) is 15.3 Å². The summed E-state index contributed by atoms with van der Waals surface area (Å²) >= 11 is 0. The highest BCUT2D eigenvalue weighted by atomic mass is 19.1. The van der Waals surface area contributed by atoms with Crippen LogP contribution >= 0.6 is 0 Å². The summed E-state index contributed by atoms with van der Waals surface area (Å²) < 4.78 is 15.5. The Balaban J connectivity index is 1.57. The van der Waals surface area contributed by atoms with Crippen molar-refractivity contribution in [3.8, 4) is 0 Å². The first-order valence-electron chi connectivity index (χ1n) is 8.98. The second kappa shape index (κ2) is 7.60. The molecule has 6 heteroatoms. The molecule has 0 aliphatic carbocycles. The molecule has 4 aromatic rings. The summed E-state index contributed by atoms with van der Waals surface area (Å²) in [7, 11) is 0.